The van der Waals surface area contributed by atoms with Crippen LogP contribution in [-0.2, 0) is 13.5 Å². The molecule has 0 aliphatic heterocycles. The molecule has 80 valence electrons. The molecule has 4 heteroatoms. The molecule has 1 aromatic heterocycles. The van der Waals surface area contributed by atoms with E-state index in [9.17, 15) is 0 Å². The first-order valence-corrected chi connectivity index (χ1v) is 5.31. The fourth-order valence-corrected chi connectivity index (χ4v) is 1.37. The Bertz CT molecular complexity index is 256. The molecule has 0 amide bonds. The summed E-state index contributed by atoms with van der Waals surface area (Å²) in [7, 11) is 1.90. The normalized spacial score (nSPS) is 13.1. The van der Waals surface area contributed by atoms with Crippen molar-refractivity contribution in [2.24, 2.45) is 7.05 Å². The second-order valence-electron chi connectivity index (χ2n) is 3.78. The molecule has 1 unspecified atom stereocenters. The summed E-state index contributed by atoms with van der Waals surface area (Å²) in [6.07, 6.45) is 5.30. The smallest absolute Gasteiger partial charge is 0.0827 e. The highest BCUT2D eigenvalue weighted by molar-refractivity contribution is 4.92. The molecule has 4 nitrogen and oxygen atoms in total. The van der Waals surface area contributed by atoms with E-state index in [-0.39, 0.29) is 0 Å². The van der Waals surface area contributed by atoms with Crippen molar-refractivity contribution in [3.8, 4) is 0 Å². The Kier molecular flexibility index (Phi) is 4.59. The van der Waals surface area contributed by atoms with Crippen molar-refractivity contribution in [2.45, 2.75) is 39.2 Å². The largest absolute Gasteiger partial charge is 0.314 e. The van der Waals surface area contributed by atoms with Gasteiger partial charge in [0.15, 0.2) is 0 Å². The van der Waals surface area contributed by atoms with E-state index in [0.717, 1.165) is 25.1 Å². The van der Waals surface area contributed by atoms with E-state index in [1.165, 1.54) is 6.42 Å². The monoisotopic (exact) mass is 196 g/mol. The average molecular weight is 196 g/mol. The Morgan fingerprint density at radius 2 is 2.36 bits per heavy atom. The van der Waals surface area contributed by atoms with E-state index in [0.29, 0.717) is 6.04 Å². The van der Waals surface area contributed by atoms with Gasteiger partial charge in [0, 0.05) is 19.3 Å². The number of aryl methyl sites for hydroxylation is 2. The summed E-state index contributed by atoms with van der Waals surface area (Å²) >= 11 is 0. The number of rotatable bonds is 6. The van der Waals surface area contributed by atoms with Crippen molar-refractivity contribution < 1.29 is 0 Å². The Hall–Kier alpha value is -0.900. The topological polar surface area (TPSA) is 42.7 Å². The molecule has 0 aromatic carbocycles. The number of hydrogen-bond donors (Lipinski definition) is 1. The Morgan fingerprint density at radius 3 is 2.93 bits per heavy atom. The summed E-state index contributed by atoms with van der Waals surface area (Å²) in [6.45, 7) is 5.50. The van der Waals surface area contributed by atoms with Gasteiger partial charge < -0.3 is 5.32 Å². The molecule has 14 heavy (non-hydrogen) atoms. The van der Waals surface area contributed by atoms with Crippen LogP contribution >= 0.6 is 0 Å². The van der Waals surface area contributed by atoms with Crippen molar-refractivity contribution in [1.29, 1.82) is 0 Å². The standard InChI is InChI=1S/C10H20N4/c1-4-7-11-9(2)5-6-10-8-14(3)13-12-10/h8-9,11H,4-7H2,1-3H3. The van der Waals surface area contributed by atoms with Gasteiger partial charge in [-0.3, -0.25) is 4.68 Å². The quantitative estimate of drug-likeness (QED) is 0.742. The number of nitrogens with one attached hydrogen (secondary N) is 1. The molecule has 0 saturated carbocycles. The average Bonchev–Trinajstić information content (AvgIpc) is 2.58. The van der Waals surface area contributed by atoms with Crippen LogP contribution in [0.5, 0.6) is 0 Å². The van der Waals surface area contributed by atoms with Gasteiger partial charge in [0.2, 0.25) is 0 Å². The maximum absolute atomic E-state index is 4.05. The van der Waals surface area contributed by atoms with Gasteiger partial charge in [-0.2, -0.15) is 0 Å². The third-order valence-corrected chi connectivity index (χ3v) is 2.23. The van der Waals surface area contributed by atoms with Gasteiger partial charge in [0.05, 0.1) is 5.69 Å². The molecule has 1 N–H and O–H groups in total. The van der Waals surface area contributed by atoms with Gasteiger partial charge in [0.25, 0.3) is 0 Å². The van der Waals surface area contributed by atoms with Crippen molar-refractivity contribution >= 4 is 0 Å². The summed E-state index contributed by atoms with van der Waals surface area (Å²) in [5.74, 6) is 0. The van der Waals surface area contributed by atoms with Crippen LogP contribution in [0.2, 0.25) is 0 Å². The fourth-order valence-electron chi connectivity index (χ4n) is 1.37. The van der Waals surface area contributed by atoms with E-state index in [1.54, 1.807) is 4.68 Å². The van der Waals surface area contributed by atoms with E-state index >= 15 is 0 Å². The molecule has 1 atom stereocenters. The first-order chi connectivity index (χ1) is 6.72. The number of aromatic nitrogens is 3. The zero-order chi connectivity index (χ0) is 10.4. The molecule has 0 saturated heterocycles. The van der Waals surface area contributed by atoms with E-state index in [1.807, 2.05) is 13.2 Å². The summed E-state index contributed by atoms with van der Waals surface area (Å²) < 4.78 is 1.75. The van der Waals surface area contributed by atoms with Crippen molar-refractivity contribution in [3.63, 3.8) is 0 Å². The molecule has 0 bridgehead atoms. The maximum atomic E-state index is 4.05. The summed E-state index contributed by atoms with van der Waals surface area (Å²) in [6, 6.07) is 0.567. The van der Waals surface area contributed by atoms with E-state index < -0.39 is 0 Å². The highest BCUT2D eigenvalue weighted by Gasteiger charge is 2.03. The van der Waals surface area contributed by atoms with Gasteiger partial charge in [-0.25, -0.2) is 0 Å². The second kappa shape index (κ2) is 5.75. The van der Waals surface area contributed by atoms with Crippen molar-refractivity contribution in [3.05, 3.63) is 11.9 Å². The molecule has 0 radical (unpaired) electrons. The fraction of sp³-hybridized carbons (Fsp3) is 0.800. The molecular formula is C10H20N4. The van der Waals surface area contributed by atoms with Crippen LogP contribution in [0.4, 0.5) is 0 Å². The van der Waals surface area contributed by atoms with Gasteiger partial charge in [-0.1, -0.05) is 12.1 Å². The third kappa shape index (κ3) is 3.87. The highest BCUT2D eigenvalue weighted by atomic mass is 15.4. The lowest BCUT2D eigenvalue weighted by Crippen LogP contribution is -2.27. The lowest BCUT2D eigenvalue weighted by atomic mass is 10.1. The lowest BCUT2D eigenvalue weighted by Gasteiger charge is -2.11. The summed E-state index contributed by atoms with van der Waals surface area (Å²) in [5.41, 5.74) is 1.08. The molecule has 1 rings (SSSR count). The molecule has 1 aromatic rings. The van der Waals surface area contributed by atoms with Crippen molar-refractivity contribution in [2.75, 3.05) is 6.54 Å². The minimum atomic E-state index is 0.567. The van der Waals surface area contributed by atoms with Crippen LogP contribution in [0, 0.1) is 0 Å². The van der Waals surface area contributed by atoms with Crippen LogP contribution in [0.3, 0.4) is 0 Å². The van der Waals surface area contributed by atoms with Crippen LogP contribution < -0.4 is 5.32 Å². The maximum Gasteiger partial charge on any atom is 0.0827 e. The van der Waals surface area contributed by atoms with E-state index in [4.69, 9.17) is 0 Å². The van der Waals surface area contributed by atoms with Gasteiger partial charge >= 0.3 is 0 Å². The Morgan fingerprint density at radius 1 is 1.57 bits per heavy atom. The zero-order valence-electron chi connectivity index (χ0n) is 9.32. The van der Waals surface area contributed by atoms with Crippen LogP contribution in [-0.4, -0.2) is 27.6 Å². The second-order valence-corrected chi connectivity index (χ2v) is 3.78. The molecule has 1 heterocycles. The van der Waals surface area contributed by atoms with E-state index in [2.05, 4.69) is 29.5 Å². The third-order valence-electron chi connectivity index (χ3n) is 2.23. The van der Waals surface area contributed by atoms with Gasteiger partial charge in [-0.15, -0.1) is 5.10 Å². The van der Waals surface area contributed by atoms with Crippen LogP contribution in [0.15, 0.2) is 6.20 Å². The number of nitrogens with zero attached hydrogens (tertiary/aromatic N) is 3. The predicted molar refractivity (Wildman–Crippen MR) is 57.1 cm³/mol. The molecular weight excluding hydrogens is 176 g/mol. The van der Waals surface area contributed by atoms with Gasteiger partial charge in [-0.05, 0) is 32.7 Å². The van der Waals surface area contributed by atoms with Crippen LogP contribution in [0.1, 0.15) is 32.4 Å². The summed E-state index contributed by atoms with van der Waals surface area (Å²) in [4.78, 5) is 0. The lowest BCUT2D eigenvalue weighted by molar-refractivity contribution is 0.511. The minimum absolute atomic E-state index is 0.567. The van der Waals surface area contributed by atoms with Crippen LogP contribution in [0.25, 0.3) is 0 Å². The first-order valence-electron chi connectivity index (χ1n) is 5.31. The highest BCUT2D eigenvalue weighted by Crippen LogP contribution is 2.00. The first kappa shape index (κ1) is 11.2. The molecule has 0 spiro atoms. The molecule has 0 fully saturated rings. The summed E-state index contributed by atoms with van der Waals surface area (Å²) in [5, 5.41) is 11.4. The Labute approximate surface area is 85.7 Å². The number of hydrogen-bond acceptors (Lipinski definition) is 3. The molecule has 0 aliphatic rings. The predicted octanol–water partition coefficient (Wildman–Crippen LogP) is 1.14. The Balaban J connectivity index is 2.20. The molecule has 0 aliphatic carbocycles. The minimum Gasteiger partial charge on any atom is -0.314 e. The zero-order valence-corrected chi connectivity index (χ0v) is 9.32. The SMILES string of the molecule is CCCNC(C)CCc1cn(C)nn1. The van der Waals surface area contributed by atoms with Gasteiger partial charge in [0.1, 0.15) is 0 Å². The van der Waals surface area contributed by atoms with Crippen molar-refractivity contribution in [1.82, 2.24) is 20.3 Å².